The number of fused-ring (bicyclic) bond motifs is 4. The summed E-state index contributed by atoms with van der Waals surface area (Å²) >= 11 is 3.63. The van der Waals surface area contributed by atoms with Gasteiger partial charge in [0.15, 0.2) is 0 Å². The van der Waals surface area contributed by atoms with Crippen LogP contribution >= 0.6 is 15.9 Å². The molecule has 5 rings (SSSR count). The van der Waals surface area contributed by atoms with E-state index in [0.29, 0.717) is 6.04 Å². The third kappa shape index (κ3) is 2.94. The van der Waals surface area contributed by atoms with Gasteiger partial charge in [0, 0.05) is 66.4 Å². The van der Waals surface area contributed by atoms with Crippen LogP contribution in [0.5, 0.6) is 5.75 Å². The number of rotatable bonds is 2. The number of ether oxygens (including phenoxy) is 1. The average Bonchev–Trinajstić information content (AvgIpc) is 3.17. The third-order valence-electron chi connectivity index (χ3n) is 6.28. The number of nitrogens with zero attached hydrogens (tertiary/aromatic N) is 4. The smallest absolute Gasteiger partial charge is 0.200 e. The summed E-state index contributed by atoms with van der Waals surface area (Å²) in [5, 5.41) is 7.39. The van der Waals surface area contributed by atoms with E-state index in [0.717, 1.165) is 53.8 Å². The third-order valence-corrected chi connectivity index (χ3v) is 6.78. The number of hydrogen-bond acceptors (Lipinski definition) is 5. The summed E-state index contributed by atoms with van der Waals surface area (Å²) in [6.07, 6.45) is 6.50. The summed E-state index contributed by atoms with van der Waals surface area (Å²) in [6.45, 7) is 6.61. The van der Waals surface area contributed by atoms with E-state index in [4.69, 9.17) is 9.84 Å². The number of piperidine rings is 1. The predicted molar refractivity (Wildman–Crippen MR) is 113 cm³/mol. The Morgan fingerprint density at radius 3 is 2.61 bits per heavy atom. The zero-order chi connectivity index (χ0) is 19.3. The maximum absolute atomic E-state index is 6.70. The molecule has 2 aromatic rings. The Morgan fingerprint density at radius 1 is 1.14 bits per heavy atom. The molecule has 0 N–H and O–H groups in total. The van der Waals surface area contributed by atoms with Crippen LogP contribution < -0.4 is 4.74 Å². The number of hydrogen-bond donors (Lipinski definition) is 0. The largest absolute Gasteiger partial charge is 0.466 e. The highest BCUT2D eigenvalue weighted by Gasteiger charge is 2.52. The topological polar surface area (TPSA) is 41.0 Å². The minimum absolute atomic E-state index is 0.218. The molecule has 0 aliphatic carbocycles. The Labute approximate surface area is 174 Å². The van der Waals surface area contributed by atoms with E-state index in [-0.39, 0.29) is 11.8 Å². The van der Waals surface area contributed by atoms with Gasteiger partial charge in [-0.15, -0.1) is 0 Å². The van der Waals surface area contributed by atoms with Crippen molar-refractivity contribution in [1.82, 2.24) is 14.9 Å². The van der Waals surface area contributed by atoms with Crippen LogP contribution in [0.2, 0.25) is 0 Å². The first kappa shape index (κ1) is 18.1. The van der Waals surface area contributed by atoms with Gasteiger partial charge in [-0.3, -0.25) is 4.98 Å². The highest BCUT2D eigenvalue weighted by molar-refractivity contribution is 9.10. The normalized spacial score (nSPS) is 23.4. The molecule has 3 aliphatic rings. The number of pyridine rings is 1. The monoisotopic (exact) mass is 440 g/mol. The summed E-state index contributed by atoms with van der Waals surface area (Å²) in [5.41, 5.74) is 3.13. The quantitative estimate of drug-likeness (QED) is 0.684. The first-order chi connectivity index (χ1) is 13.6. The number of likely N-dealkylation sites (tertiary alicyclic amines) is 1. The molecule has 1 atom stereocenters. The molecule has 28 heavy (non-hydrogen) atoms. The lowest BCUT2D eigenvalue weighted by molar-refractivity contribution is -0.152. The van der Waals surface area contributed by atoms with Crippen LogP contribution in [0.25, 0.3) is 0 Å². The zero-order valence-electron chi connectivity index (χ0n) is 16.3. The van der Waals surface area contributed by atoms with Crippen LogP contribution in [0, 0.1) is 0 Å². The van der Waals surface area contributed by atoms with Gasteiger partial charge in [0.2, 0.25) is 5.72 Å². The maximum atomic E-state index is 6.70. The van der Waals surface area contributed by atoms with Crippen LogP contribution in [0.3, 0.4) is 0 Å². The van der Waals surface area contributed by atoms with Crippen LogP contribution in [0.1, 0.15) is 50.3 Å². The molecular formula is C22H25BrN4O. The minimum atomic E-state index is -0.355. The summed E-state index contributed by atoms with van der Waals surface area (Å²) < 4.78 is 7.78. The van der Waals surface area contributed by atoms with Crippen molar-refractivity contribution in [2.45, 2.75) is 50.9 Å². The Hall–Kier alpha value is -1.92. The van der Waals surface area contributed by atoms with Gasteiger partial charge >= 0.3 is 0 Å². The van der Waals surface area contributed by atoms with E-state index in [1.165, 1.54) is 5.56 Å². The fraction of sp³-hybridized carbons (Fsp3) is 0.455. The van der Waals surface area contributed by atoms with E-state index in [1.54, 1.807) is 0 Å². The van der Waals surface area contributed by atoms with Crippen LogP contribution in [-0.2, 0) is 0 Å². The molecule has 6 heteroatoms. The van der Waals surface area contributed by atoms with Crippen molar-refractivity contribution in [3.8, 4) is 5.75 Å². The van der Waals surface area contributed by atoms with Gasteiger partial charge in [-0.05, 0) is 44.2 Å². The molecule has 1 aromatic carbocycles. The number of benzene rings is 1. The van der Waals surface area contributed by atoms with Gasteiger partial charge in [-0.1, -0.05) is 15.9 Å². The summed E-state index contributed by atoms with van der Waals surface area (Å²) in [7, 11) is 0. The Bertz CT molecular complexity index is 906. The van der Waals surface area contributed by atoms with E-state index in [2.05, 4.69) is 62.9 Å². The standard InChI is InChI=1S/C22H25BrN4O/c1-15(2)26-11-7-22(8-12-26)27-20(18-13-17(23)3-4-21(18)28-22)14-19(25-27)16-5-9-24-10-6-16/h3-6,9-10,13,15,20H,7-8,11-12,14H2,1-2H3. The Balaban J connectivity index is 1.55. The second kappa shape index (κ2) is 6.85. The first-order valence-electron chi connectivity index (χ1n) is 10.1. The average molecular weight is 441 g/mol. The fourth-order valence-electron chi connectivity index (χ4n) is 4.69. The number of halogens is 1. The lowest BCUT2D eigenvalue weighted by atomic mass is 9.90. The molecular weight excluding hydrogens is 416 g/mol. The minimum Gasteiger partial charge on any atom is -0.466 e. The van der Waals surface area contributed by atoms with Gasteiger partial charge in [-0.2, -0.15) is 5.10 Å². The highest BCUT2D eigenvalue weighted by Crippen LogP contribution is 2.50. The molecule has 1 aromatic heterocycles. The van der Waals surface area contributed by atoms with Gasteiger partial charge in [0.1, 0.15) is 5.75 Å². The molecule has 0 radical (unpaired) electrons. The fourth-order valence-corrected chi connectivity index (χ4v) is 5.07. The van der Waals surface area contributed by atoms with Crippen LogP contribution in [0.4, 0.5) is 0 Å². The first-order valence-corrected chi connectivity index (χ1v) is 10.8. The zero-order valence-corrected chi connectivity index (χ0v) is 17.9. The summed E-state index contributed by atoms with van der Waals surface area (Å²) in [5.74, 6) is 1.01. The molecule has 1 unspecified atom stereocenters. The van der Waals surface area contributed by atoms with Gasteiger partial charge in [-0.25, -0.2) is 5.01 Å². The van der Waals surface area contributed by atoms with E-state index >= 15 is 0 Å². The van der Waals surface area contributed by atoms with E-state index in [1.807, 2.05) is 24.5 Å². The van der Waals surface area contributed by atoms with E-state index < -0.39 is 0 Å². The molecule has 3 aliphatic heterocycles. The van der Waals surface area contributed by atoms with Crippen molar-refractivity contribution in [2.24, 2.45) is 5.10 Å². The van der Waals surface area contributed by atoms with Gasteiger partial charge in [0.05, 0.1) is 11.8 Å². The molecule has 0 saturated carbocycles. The van der Waals surface area contributed by atoms with Crippen LogP contribution in [-0.4, -0.2) is 45.5 Å². The lowest BCUT2D eigenvalue weighted by Crippen LogP contribution is -2.59. The molecule has 4 heterocycles. The van der Waals surface area contributed by atoms with Crippen LogP contribution in [0.15, 0.2) is 52.3 Å². The molecule has 5 nitrogen and oxygen atoms in total. The molecule has 0 amide bonds. The second-order valence-corrected chi connectivity index (χ2v) is 9.12. The molecule has 1 fully saturated rings. The molecule has 1 saturated heterocycles. The molecule has 146 valence electrons. The predicted octanol–water partition coefficient (Wildman–Crippen LogP) is 4.59. The number of hydrazone groups is 1. The highest BCUT2D eigenvalue weighted by atomic mass is 79.9. The van der Waals surface area contributed by atoms with Crippen molar-refractivity contribution < 1.29 is 4.74 Å². The lowest BCUT2D eigenvalue weighted by Gasteiger charge is -2.51. The molecule has 0 bridgehead atoms. The molecule has 1 spiro atoms. The van der Waals surface area contributed by atoms with Crippen molar-refractivity contribution in [1.29, 1.82) is 0 Å². The van der Waals surface area contributed by atoms with Gasteiger partial charge < -0.3 is 9.64 Å². The second-order valence-electron chi connectivity index (χ2n) is 8.21. The van der Waals surface area contributed by atoms with Crippen molar-refractivity contribution >= 4 is 21.6 Å². The van der Waals surface area contributed by atoms with Crippen molar-refractivity contribution in [3.05, 3.63) is 58.3 Å². The summed E-state index contributed by atoms with van der Waals surface area (Å²) in [6, 6.07) is 11.3. The Kier molecular flexibility index (Phi) is 4.43. The van der Waals surface area contributed by atoms with Gasteiger partial charge in [0.25, 0.3) is 0 Å². The van der Waals surface area contributed by atoms with Crippen molar-refractivity contribution in [3.63, 3.8) is 0 Å². The van der Waals surface area contributed by atoms with E-state index in [9.17, 15) is 0 Å². The maximum Gasteiger partial charge on any atom is 0.200 e. The number of aromatic nitrogens is 1. The Morgan fingerprint density at radius 2 is 1.89 bits per heavy atom. The summed E-state index contributed by atoms with van der Waals surface area (Å²) in [4.78, 5) is 6.69. The SMILES string of the molecule is CC(C)N1CCC2(CC1)Oc1ccc(Br)cc1C1CC(c3ccncc3)=NN12. The van der Waals surface area contributed by atoms with Crippen molar-refractivity contribution in [2.75, 3.05) is 13.1 Å².